The number of nitrogens with two attached hydrogens (primary N) is 2. The maximum absolute atomic E-state index is 12.8. The molecular weight excluding hydrogens is 348 g/mol. The molecule has 0 amide bonds. The van der Waals surface area contributed by atoms with Crippen molar-refractivity contribution in [3.05, 3.63) is 29.3 Å². The van der Waals surface area contributed by atoms with Gasteiger partial charge < -0.3 is 11.5 Å². The second-order valence-electron chi connectivity index (χ2n) is 8.66. The molecule has 0 radical (unpaired) electrons. The first-order chi connectivity index (χ1) is 11.7. The number of rotatable bonds is 7. The van der Waals surface area contributed by atoms with Crippen molar-refractivity contribution in [2.75, 3.05) is 13.1 Å². The van der Waals surface area contributed by atoms with E-state index in [1.165, 1.54) is 0 Å². The van der Waals surface area contributed by atoms with Crippen molar-refractivity contribution in [2.24, 2.45) is 16.5 Å². The summed E-state index contributed by atoms with van der Waals surface area (Å²) in [6.07, 6.45) is 1.39. The van der Waals surface area contributed by atoms with Crippen molar-refractivity contribution in [2.45, 2.75) is 70.1 Å². The van der Waals surface area contributed by atoms with Gasteiger partial charge in [-0.3, -0.25) is 4.99 Å². The van der Waals surface area contributed by atoms with E-state index in [4.69, 9.17) is 11.5 Å². The van der Waals surface area contributed by atoms with Gasteiger partial charge >= 0.3 is 0 Å². The number of hydrogen-bond acceptors (Lipinski definition) is 3. The van der Waals surface area contributed by atoms with E-state index in [1.54, 1.807) is 12.1 Å². The van der Waals surface area contributed by atoms with Crippen molar-refractivity contribution in [1.29, 1.82) is 0 Å². The Labute approximate surface area is 158 Å². The summed E-state index contributed by atoms with van der Waals surface area (Å²) in [6, 6.07) is 5.65. The lowest BCUT2D eigenvalue weighted by Gasteiger charge is -2.26. The van der Waals surface area contributed by atoms with Crippen LogP contribution in [-0.4, -0.2) is 27.5 Å². The van der Waals surface area contributed by atoms with Crippen LogP contribution in [0.4, 0.5) is 0 Å². The predicted molar refractivity (Wildman–Crippen MR) is 109 cm³/mol. The Morgan fingerprint density at radius 3 is 1.88 bits per heavy atom. The first kappa shape index (κ1) is 22.4. The standard InChI is InChI=1S/C19H34N4O2S/c1-18(2,3)14-11-15(19(4,5)6)13-16(12-14)26(24,25)23-10-8-7-9-22-17(20)21/h11-13,23H,7-10H2,1-6H3,(H4,20,21,22). The smallest absolute Gasteiger partial charge is 0.240 e. The topological polar surface area (TPSA) is 111 Å². The number of benzene rings is 1. The average Bonchev–Trinajstić information content (AvgIpc) is 2.48. The molecule has 0 heterocycles. The first-order valence-electron chi connectivity index (χ1n) is 8.94. The van der Waals surface area contributed by atoms with Crippen LogP contribution in [0.1, 0.15) is 65.5 Å². The predicted octanol–water partition coefficient (Wildman–Crippen LogP) is 2.61. The molecule has 0 saturated heterocycles. The maximum Gasteiger partial charge on any atom is 0.240 e. The van der Waals surface area contributed by atoms with Crippen LogP contribution >= 0.6 is 0 Å². The summed E-state index contributed by atoms with van der Waals surface area (Å²) >= 11 is 0. The van der Waals surface area contributed by atoms with Crippen LogP contribution in [0, 0.1) is 0 Å². The number of nitrogens with zero attached hydrogens (tertiary/aromatic N) is 1. The van der Waals surface area contributed by atoms with Crippen LogP contribution in [0.3, 0.4) is 0 Å². The molecule has 0 aromatic heterocycles. The molecule has 0 aliphatic heterocycles. The second-order valence-corrected chi connectivity index (χ2v) is 10.4. The highest BCUT2D eigenvalue weighted by Gasteiger charge is 2.24. The monoisotopic (exact) mass is 382 g/mol. The Morgan fingerprint density at radius 1 is 0.962 bits per heavy atom. The molecule has 6 nitrogen and oxygen atoms in total. The molecule has 0 bridgehead atoms. The van der Waals surface area contributed by atoms with E-state index in [1.807, 2.05) is 0 Å². The molecule has 5 N–H and O–H groups in total. The van der Waals surface area contributed by atoms with Gasteiger partial charge in [0.1, 0.15) is 0 Å². The van der Waals surface area contributed by atoms with Crippen molar-refractivity contribution in [3.63, 3.8) is 0 Å². The Morgan fingerprint density at radius 2 is 1.46 bits per heavy atom. The highest BCUT2D eigenvalue weighted by atomic mass is 32.2. The highest BCUT2D eigenvalue weighted by Crippen LogP contribution is 2.31. The van der Waals surface area contributed by atoms with Crippen molar-refractivity contribution < 1.29 is 8.42 Å². The van der Waals surface area contributed by atoms with Crippen LogP contribution in [0.5, 0.6) is 0 Å². The third-order valence-corrected chi connectivity index (χ3v) is 5.56. The summed E-state index contributed by atoms with van der Waals surface area (Å²) in [5.41, 5.74) is 12.3. The Kier molecular flexibility index (Phi) is 7.24. The van der Waals surface area contributed by atoms with Gasteiger partial charge in [0.2, 0.25) is 10.0 Å². The Bertz CT molecular complexity index is 706. The lowest BCUT2D eigenvalue weighted by atomic mass is 9.81. The molecule has 1 aromatic carbocycles. The zero-order chi connectivity index (χ0) is 20.2. The summed E-state index contributed by atoms with van der Waals surface area (Å²) in [7, 11) is -3.56. The number of guanidine groups is 1. The molecule has 0 aliphatic carbocycles. The lowest BCUT2D eigenvalue weighted by molar-refractivity contribution is 0.559. The maximum atomic E-state index is 12.8. The van der Waals surface area contributed by atoms with Gasteiger partial charge in [-0.2, -0.15) is 0 Å². The van der Waals surface area contributed by atoms with Crippen LogP contribution in [0.25, 0.3) is 0 Å². The molecule has 1 aromatic rings. The van der Waals surface area contributed by atoms with Crippen LogP contribution in [0.15, 0.2) is 28.1 Å². The largest absolute Gasteiger partial charge is 0.370 e. The minimum atomic E-state index is -3.56. The van der Waals surface area contributed by atoms with Gasteiger partial charge in [-0.15, -0.1) is 0 Å². The normalized spacial score (nSPS) is 12.8. The van der Waals surface area contributed by atoms with E-state index in [9.17, 15) is 8.42 Å². The third kappa shape index (κ3) is 6.96. The number of hydrogen-bond donors (Lipinski definition) is 3. The van der Waals surface area contributed by atoms with Gasteiger partial charge in [0.15, 0.2) is 5.96 Å². The number of nitrogens with one attached hydrogen (secondary N) is 1. The summed E-state index contributed by atoms with van der Waals surface area (Å²) in [5, 5.41) is 0. The SMILES string of the molecule is CC(C)(C)c1cc(C(C)(C)C)cc(S(=O)(=O)NCCCCN=C(N)N)c1. The summed E-state index contributed by atoms with van der Waals surface area (Å²) < 4.78 is 28.2. The third-order valence-electron chi connectivity index (χ3n) is 4.12. The van der Waals surface area contributed by atoms with Gasteiger partial charge in [-0.05, 0) is 46.9 Å². The van der Waals surface area contributed by atoms with Crippen LogP contribution < -0.4 is 16.2 Å². The fraction of sp³-hybridized carbons (Fsp3) is 0.632. The molecule has 7 heteroatoms. The van der Waals surface area contributed by atoms with E-state index < -0.39 is 10.0 Å². The number of sulfonamides is 1. The summed E-state index contributed by atoms with van der Waals surface area (Å²) in [6.45, 7) is 13.4. The Hall–Kier alpha value is -1.60. The fourth-order valence-corrected chi connectivity index (χ4v) is 3.50. The Balaban J connectivity index is 2.99. The molecular formula is C19H34N4O2S. The zero-order valence-corrected chi connectivity index (χ0v) is 17.7. The van der Waals surface area contributed by atoms with E-state index in [0.717, 1.165) is 17.5 Å². The summed E-state index contributed by atoms with van der Waals surface area (Å²) in [5.74, 6) is 0.0549. The van der Waals surface area contributed by atoms with E-state index in [0.29, 0.717) is 24.4 Å². The molecule has 0 unspecified atom stereocenters. The molecule has 26 heavy (non-hydrogen) atoms. The molecule has 148 valence electrons. The molecule has 0 fully saturated rings. The highest BCUT2D eigenvalue weighted by molar-refractivity contribution is 7.89. The second kappa shape index (κ2) is 8.39. The van der Waals surface area contributed by atoms with Crippen molar-refractivity contribution >= 4 is 16.0 Å². The molecule has 0 spiro atoms. The van der Waals surface area contributed by atoms with Gasteiger partial charge in [0, 0.05) is 13.1 Å². The molecule has 0 saturated carbocycles. The molecule has 1 rings (SSSR count). The van der Waals surface area contributed by atoms with Gasteiger partial charge in [-0.1, -0.05) is 47.6 Å². The zero-order valence-electron chi connectivity index (χ0n) is 16.9. The number of unbranched alkanes of at least 4 members (excludes halogenated alkanes) is 1. The van der Waals surface area contributed by atoms with E-state index >= 15 is 0 Å². The summed E-state index contributed by atoms with van der Waals surface area (Å²) in [4.78, 5) is 4.21. The fourth-order valence-electron chi connectivity index (χ4n) is 2.36. The van der Waals surface area contributed by atoms with Gasteiger partial charge in [0.25, 0.3) is 0 Å². The van der Waals surface area contributed by atoms with Crippen LogP contribution in [-0.2, 0) is 20.9 Å². The minimum Gasteiger partial charge on any atom is -0.370 e. The lowest BCUT2D eigenvalue weighted by Crippen LogP contribution is -2.27. The van der Waals surface area contributed by atoms with Crippen molar-refractivity contribution in [3.8, 4) is 0 Å². The minimum absolute atomic E-state index is 0.0549. The molecule has 0 atom stereocenters. The van der Waals surface area contributed by atoms with E-state index in [-0.39, 0.29) is 16.8 Å². The quantitative estimate of drug-likeness (QED) is 0.382. The van der Waals surface area contributed by atoms with E-state index in [2.05, 4.69) is 57.3 Å². The van der Waals surface area contributed by atoms with Crippen LogP contribution in [0.2, 0.25) is 0 Å². The molecule has 0 aliphatic rings. The van der Waals surface area contributed by atoms with Gasteiger partial charge in [-0.25, -0.2) is 13.1 Å². The number of aliphatic imine (C=N–C) groups is 1. The van der Waals surface area contributed by atoms with Gasteiger partial charge in [0.05, 0.1) is 4.90 Å². The first-order valence-corrected chi connectivity index (χ1v) is 10.4. The van der Waals surface area contributed by atoms with Crippen molar-refractivity contribution in [1.82, 2.24) is 4.72 Å². The average molecular weight is 383 g/mol.